The first kappa shape index (κ1) is 16.6. The normalized spacial score (nSPS) is 18.9. The first-order valence-corrected chi connectivity index (χ1v) is 8.25. The lowest BCUT2D eigenvalue weighted by molar-refractivity contribution is -0.117. The van der Waals surface area contributed by atoms with Gasteiger partial charge in [-0.1, -0.05) is 25.9 Å². The van der Waals surface area contributed by atoms with Crippen LogP contribution in [0.5, 0.6) is 0 Å². The average Bonchev–Trinajstić information content (AvgIpc) is 3.21. The number of anilines is 1. The van der Waals surface area contributed by atoms with Crippen LogP contribution in [0.3, 0.4) is 0 Å². The fraction of sp³-hybridized carbons (Fsp3) is 0.625. The van der Waals surface area contributed by atoms with E-state index < -0.39 is 0 Å². The van der Waals surface area contributed by atoms with Gasteiger partial charge in [0.05, 0.1) is 18.8 Å². The fourth-order valence-corrected chi connectivity index (χ4v) is 2.90. The van der Waals surface area contributed by atoms with Crippen LogP contribution in [0.2, 0.25) is 0 Å². The van der Waals surface area contributed by atoms with Crippen LogP contribution in [-0.2, 0) is 16.8 Å². The summed E-state index contributed by atoms with van der Waals surface area (Å²) in [7, 11) is 0. The van der Waals surface area contributed by atoms with Gasteiger partial charge in [0.1, 0.15) is 12.7 Å². The highest BCUT2D eigenvalue weighted by Crippen LogP contribution is 2.24. The molecule has 1 aliphatic heterocycles. The maximum absolute atomic E-state index is 12.3. The van der Waals surface area contributed by atoms with Crippen molar-refractivity contribution in [2.75, 3.05) is 18.4 Å². The van der Waals surface area contributed by atoms with E-state index in [1.807, 2.05) is 4.68 Å². The number of likely N-dealkylation sites (tertiary alicyclic amines) is 1. The molecule has 0 unspecified atom stereocenters. The van der Waals surface area contributed by atoms with E-state index in [9.17, 15) is 4.79 Å². The van der Waals surface area contributed by atoms with Crippen molar-refractivity contribution in [2.24, 2.45) is 0 Å². The molecule has 8 heteroatoms. The van der Waals surface area contributed by atoms with Gasteiger partial charge in [0, 0.05) is 17.5 Å². The van der Waals surface area contributed by atoms with Crippen molar-refractivity contribution in [1.82, 2.24) is 24.8 Å². The molecule has 24 heavy (non-hydrogen) atoms. The van der Waals surface area contributed by atoms with E-state index in [4.69, 9.17) is 4.52 Å². The second kappa shape index (κ2) is 6.72. The largest absolute Gasteiger partial charge is 0.338 e. The summed E-state index contributed by atoms with van der Waals surface area (Å²) in [5.41, 5.74) is 0.715. The summed E-state index contributed by atoms with van der Waals surface area (Å²) in [6.07, 6.45) is 5.38. The third-order valence-electron chi connectivity index (χ3n) is 4.25. The maximum atomic E-state index is 12.3. The Morgan fingerprint density at radius 2 is 2.29 bits per heavy atom. The minimum Gasteiger partial charge on any atom is -0.338 e. The number of nitrogens with one attached hydrogen (secondary N) is 1. The zero-order valence-electron chi connectivity index (χ0n) is 14.4. The highest BCUT2D eigenvalue weighted by atomic mass is 16.5. The van der Waals surface area contributed by atoms with E-state index in [2.05, 4.69) is 46.2 Å². The number of nitrogens with zero attached hydrogens (tertiary/aromatic N) is 5. The number of amides is 1. The number of rotatable bonds is 5. The summed E-state index contributed by atoms with van der Waals surface area (Å²) < 4.78 is 7.03. The molecule has 8 nitrogen and oxygen atoms in total. The average molecular weight is 332 g/mol. The first-order chi connectivity index (χ1) is 11.4. The van der Waals surface area contributed by atoms with Crippen molar-refractivity contribution in [1.29, 1.82) is 0 Å². The number of hydrogen-bond acceptors (Lipinski definition) is 6. The Hall–Kier alpha value is -2.22. The lowest BCUT2D eigenvalue weighted by Crippen LogP contribution is -2.39. The molecule has 0 aromatic carbocycles. The van der Waals surface area contributed by atoms with Crippen molar-refractivity contribution in [3.8, 4) is 0 Å². The predicted molar refractivity (Wildman–Crippen MR) is 88.4 cm³/mol. The molecular weight excluding hydrogens is 308 g/mol. The van der Waals surface area contributed by atoms with E-state index in [1.165, 1.54) is 6.33 Å². The smallest absolute Gasteiger partial charge is 0.240 e. The Labute approximate surface area is 141 Å². The molecule has 1 amide bonds. The van der Waals surface area contributed by atoms with E-state index in [0.29, 0.717) is 18.5 Å². The Balaban J connectivity index is 1.55. The number of hydrogen-bond donors (Lipinski definition) is 1. The number of carbonyl (C=O) groups excluding carboxylic acids is 1. The molecule has 1 N–H and O–H groups in total. The van der Waals surface area contributed by atoms with Gasteiger partial charge in [-0.2, -0.15) is 5.10 Å². The molecule has 1 aliphatic rings. The van der Waals surface area contributed by atoms with Crippen molar-refractivity contribution in [3.05, 3.63) is 24.4 Å². The standard InChI is InChI=1S/C16H24N6O2/c1-16(2,3)13-7-15(24-20-13)19-14(23)9-21-6-4-5-12(21)8-22-11-17-10-18-22/h7,10-12H,4-6,8-9H2,1-3H3,(H,19,23)/t12-/m1/s1. The highest BCUT2D eigenvalue weighted by molar-refractivity contribution is 5.91. The van der Waals surface area contributed by atoms with Crippen LogP contribution in [0.4, 0.5) is 5.88 Å². The van der Waals surface area contributed by atoms with Gasteiger partial charge in [0.2, 0.25) is 11.8 Å². The van der Waals surface area contributed by atoms with Crippen LogP contribution in [0, 0.1) is 0 Å². The molecule has 1 atom stereocenters. The van der Waals surface area contributed by atoms with Gasteiger partial charge in [0.25, 0.3) is 0 Å². The predicted octanol–water partition coefficient (Wildman–Crippen LogP) is 1.67. The summed E-state index contributed by atoms with van der Waals surface area (Å²) in [6, 6.07) is 2.09. The lowest BCUT2D eigenvalue weighted by Gasteiger charge is -2.23. The maximum Gasteiger partial charge on any atom is 0.240 e. The van der Waals surface area contributed by atoms with Gasteiger partial charge in [-0.3, -0.25) is 19.7 Å². The summed E-state index contributed by atoms with van der Waals surface area (Å²) in [5, 5.41) is 11.0. The molecule has 3 rings (SSSR count). The van der Waals surface area contributed by atoms with Crippen molar-refractivity contribution in [2.45, 2.75) is 51.6 Å². The molecule has 0 aliphatic carbocycles. The monoisotopic (exact) mass is 332 g/mol. The van der Waals surface area contributed by atoms with Gasteiger partial charge in [-0.05, 0) is 19.4 Å². The van der Waals surface area contributed by atoms with E-state index in [1.54, 1.807) is 12.4 Å². The summed E-state index contributed by atoms with van der Waals surface area (Å²) in [5.74, 6) is 0.314. The summed E-state index contributed by atoms with van der Waals surface area (Å²) in [4.78, 5) is 18.4. The molecule has 2 aromatic rings. The quantitative estimate of drug-likeness (QED) is 0.896. The fourth-order valence-electron chi connectivity index (χ4n) is 2.90. The second-order valence-electron chi connectivity index (χ2n) is 7.26. The SMILES string of the molecule is CC(C)(C)c1cc(NC(=O)CN2CCC[C@@H]2Cn2cncn2)on1. The molecule has 1 fully saturated rings. The van der Waals surface area contributed by atoms with Gasteiger partial charge in [0.15, 0.2) is 0 Å². The van der Waals surface area contributed by atoms with Crippen LogP contribution in [0.25, 0.3) is 0 Å². The van der Waals surface area contributed by atoms with Gasteiger partial charge < -0.3 is 4.52 Å². The molecule has 1 saturated heterocycles. The van der Waals surface area contributed by atoms with E-state index in [0.717, 1.165) is 31.6 Å². The van der Waals surface area contributed by atoms with Crippen LogP contribution >= 0.6 is 0 Å². The minimum absolute atomic E-state index is 0.0860. The molecule has 0 radical (unpaired) electrons. The molecule has 0 spiro atoms. The van der Waals surface area contributed by atoms with Crippen molar-refractivity contribution < 1.29 is 9.32 Å². The van der Waals surface area contributed by atoms with Gasteiger partial charge in [-0.15, -0.1) is 0 Å². The van der Waals surface area contributed by atoms with E-state index >= 15 is 0 Å². The molecule has 2 aromatic heterocycles. The Kier molecular flexibility index (Phi) is 4.66. The van der Waals surface area contributed by atoms with Crippen molar-refractivity contribution >= 4 is 11.8 Å². The Bertz CT molecular complexity index is 673. The third-order valence-corrected chi connectivity index (χ3v) is 4.25. The van der Waals surface area contributed by atoms with Crippen LogP contribution in [0.1, 0.15) is 39.3 Å². The topological polar surface area (TPSA) is 89.1 Å². The molecule has 3 heterocycles. The molecule has 0 bridgehead atoms. The highest BCUT2D eigenvalue weighted by Gasteiger charge is 2.27. The molecule has 0 saturated carbocycles. The van der Waals surface area contributed by atoms with Crippen LogP contribution in [0.15, 0.2) is 23.2 Å². The second-order valence-corrected chi connectivity index (χ2v) is 7.26. The summed E-state index contributed by atoms with van der Waals surface area (Å²) >= 11 is 0. The van der Waals surface area contributed by atoms with Gasteiger partial charge in [-0.25, -0.2) is 4.98 Å². The summed E-state index contributed by atoms with van der Waals surface area (Å²) in [6.45, 7) is 8.16. The number of aromatic nitrogens is 4. The third kappa shape index (κ3) is 4.00. The zero-order valence-corrected chi connectivity index (χ0v) is 14.4. The number of carbonyl (C=O) groups is 1. The van der Waals surface area contributed by atoms with Gasteiger partial charge >= 0.3 is 0 Å². The van der Waals surface area contributed by atoms with E-state index in [-0.39, 0.29) is 11.3 Å². The minimum atomic E-state index is -0.107. The van der Waals surface area contributed by atoms with Crippen LogP contribution < -0.4 is 5.32 Å². The Morgan fingerprint density at radius 3 is 2.96 bits per heavy atom. The Morgan fingerprint density at radius 1 is 1.46 bits per heavy atom. The van der Waals surface area contributed by atoms with Crippen LogP contribution in [-0.4, -0.2) is 49.9 Å². The lowest BCUT2D eigenvalue weighted by atomic mass is 9.92. The molecule has 130 valence electrons. The molecular formula is C16H24N6O2. The van der Waals surface area contributed by atoms with Crippen molar-refractivity contribution in [3.63, 3.8) is 0 Å². The zero-order chi connectivity index (χ0) is 17.2. The first-order valence-electron chi connectivity index (χ1n) is 8.25.